The van der Waals surface area contributed by atoms with E-state index in [-0.39, 0.29) is 0 Å². The van der Waals surface area contributed by atoms with Crippen molar-refractivity contribution in [2.24, 2.45) is 10.9 Å². The van der Waals surface area contributed by atoms with Crippen molar-refractivity contribution in [3.8, 4) is 11.5 Å². The molecule has 2 aromatic rings. The molecular weight excluding hydrogens is 404 g/mol. The summed E-state index contributed by atoms with van der Waals surface area (Å²) in [4.78, 5) is 6.82. The predicted molar refractivity (Wildman–Crippen MR) is 130 cm³/mol. The van der Waals surface area contributed by atoms with Crippen molar-refractivity contribution < 1.29 is 9.47 Å². The van der Waals surface area contributed by atoms with Crippen molar-refractivity contribution >= 4 is 11.6 Å². The van der Waals surface area contributed by atoms with Gasteiger partial charge in [-0.1, -0.05) is 6.92 Å². The lowest BCUT2D eigenvalue weighted by atomic mass is 10.0. The molecule has 0 aliphatic carbocycles. The number of methoxy groups -OCH3 is 2. The average molecular weight is 443 g/mol. The summed E-state index contributed by atoms with van der Waals surface area (Å²) in [6, 6.07) is 8.57. The van der Waals surface area contributed by atoms with E-state index in [0.717, 1.165) is 67.9 Å². The summed E-state index contributed by atoms with van der Waals surface area (Å²) in [5.41, 5.74) is 3.41. The van der Waals surface area contributed by atoms with Crippen LogP contribution in [0.4, 0.5) is 5.69 Å². The SMILES string of the molecule is CN=C(NCC(C)Cn1nc(C)cc1C)NC1CCN(c2cc(OC)cc(OC)c2)CC1. The molecule has 176 valence electrons. The van der Waals surface area contributed by atoms with E-state index in [2.05, 4.69) is 62.4 Å². The van der Waals surface area contributed by atoms with Gasteiger partial charge in [0.15, 0.2) is 5.96 Å². The van der Waals surface area contributed by atoms with E-state index in [1.54, 1.807) is 14.2 Å². The third-order valence-electron chi connectivity index (χ3n) is 5.97. The average Bonchev–Trinajstić information content (AvgIpc) is 3.12. The maximum atomic E-state index is 5.42. The van der Waals surface area contributed by atoms with Crippen LogP contribution in [0.3, 0.4) is 0 Å². The molecule has 8 heteroatoms. The number of hydrogen-bond acceptors (Lipinski definition) is 5. The number of nitrogens with one attached hydrogen (secondary N) is 2. The topological polar surface area (TPSA) is 75.9 Å². The lowest BCUT2D eigenvalue weighted by Crippen LogP contribution is -2.49. The minimum atomic E-state index is 0.399. The number of piperidine rings is 1. The van der Waals surface area contributed by atoms with Crippen LogP contribution in [0, 0.1) is 19.8 Å². The van der Waals surface area contributed by atoms with Gasteiger partial charge in [0.05, 0.1) is 19.9 Å². The largest absolute Gasteiger partial charge is 0.497 e. The van der Waals surface area contributed by atoms with Gasteiger partial charge in [-0.25, -0.2) is 0 Å². The van der Waals surface area contributed by atoms with E-state index in [4.69, 9.17) is 9.47 Å². The predicted octanol–water partition coefficient (Wildman–Crippen LogP) is 2.99. The van der Waals surface area contributed by atoms with E-state index < -0.39 is 0 Å². The molecule has 3 rings (SSSR count). The highest BCUT2D eigenvalue weighted by atomic mass is 16.5. The molecule has 1 atom stereocenters. The molecule has 1 saturated heterocycles. The van der Waals surface area contributed by atoms with Gasteiger partial charge in [0.1, 0.15) is 11.5 Å². The van der Waals surface area contributed by atoms with Crippen LogP contribution in [0.5, 0.6) is 11.5 Å². The molecule has 1 aromatic heterocycles. The maximum absolute atomic E-state index is 5.42. The Morgan fingerprint density at radius 3 is 2.31 bits per heavy atom. The summed E-state index contributed by atoms with van der Waals surface area (Å²) in [5, 5.41) is 11.7. The van der Waals surface area contributed by atoms with Crippen molar-refractivity contribution in [3.05, 3.63) is 35.7 Å². The Labute approximate surface area is 192 Å². The summed E-state index contributed by atoms with van der Waals surface area (Å²) in [6.45, 7) is 10.1. The van der Waals surface area contributed by atoms with E-state index >= 15 is 0 Å². The van der Waals surface area contributed by atoms with Crippen LogP contribution in [-0.2, 0) is 6.54 Å². The summed E-state index contributed by atoms with van der Waals surface area (Å²) in [5.74, 6) is 2.95. The summed E-state index contributed by atoms with van der Waals surface area (Å²) in [7, 11) is 5.20. The number of benzene rings is 1. The van der Waals surface area contributed by atoms with Gasteiger partial charge in [-0.15, -0.1) is 0 Å². The molecule has 32 heavy (non-hydrogen) atoms. The first kappa shape index (κ1) is 23.8. The number of aliphatic imine (C=N–C) groups is 1. The second kappa shape index (κ2) is 11.1. The van der Waals surface area contributed by atoms with Crippen LogP contribution in [0.15, 0.2) is 29.3 Å². The van der Waals surface area contributed by atoms with Crippen LogP contribution in [0.25, 0.3) is 0 Å². The third-order valence-corrected chi connectivity index (χ3v) is 5.97. The monoisotopic (exact) mass is 442 g/mol. The van der Waals surface area contributed by atoms with Crippen LogP contribution >= 0.6 is 0 Å². The van der Waals surface area contributed by atoms with Crippen molar-refractivity contribution in [1.82, 2.24) is 20.4 Å². The molecule has 1 unspecified atom stereocenters. The van der Waals surface area contributed by atoms with Gasteiger partial charge >= 0.3 is 0 Å². The highest BCUT2D eigenvalue weighted by Gasteiger charge is 2.21. The Hall–Kier alpha value is -2.90. The van der Waals surface area contributed by atoms with Crippen LogP contribution in [0.1, 0.15) is 31.2 Å². The number of hydrogen-bond donors (Lipinski definition) is 2. The number of rotatable bonds is 8. The van der Waals surface area contributed by atoms with Gasteiger partial charge in [-0.05, 0) is 38.7 Å². The molecule has 8 nitrogen and oxygen atoms in total. The summed E-state index contributed by atoms with van der Waals surface area (Å²) < 4.78 is 12.9. The Morgan fingerprint density at radius 2 is 1.78 bits per heavy atom. The third kappa shape index (κ3) is 6.31. The van der Waals surface area contributed by atoms with Crippen LogP contribution < -0.4 is 25.0 Å². The van der Waals surface area contributed by atoms with Crippen molar-refractivity contribution in [1.29, 1.82) is 0 Å². The molecule has 0 saturated carbocycles. The smallest absolute Gasteiger partial charge is 0.191 e. The van der Waals surface area contributed by atoms with Crippen LogP contribution in [-0.4, -0.2) is 62.7 Å². The molecule has 0 radical (unpaired) electrons. The van der Waals surface area contributed by atoms with E-state index in [0.29, 0.717) is 12.0 Å². The lowest BCUT2D eigenvalue weighted by molar-refractivity contribution is 0.393. The number of nitrogens with zero attached hydrogens (tertiary/aromatic N) is 4. The molecule has 1 aliphatic rings. The quantitative estimate of drug-likeness (QED) is 0.484. The van der Waals surface area contributed by atoms with Gasteiger partial charge < -0.3 is 25.0 Å². The molecule has 1 aromatic carbocycles. The molecule has 2 heterocycles. The lowest BCUT2D eigenvalue weighted by Gasteiger charge is -2.35. The minimum Gasteiger partial charge on any atom is -0.497 e. The molecule has 0 amide bonds. The first-order valence-electron chi connectivity index (χ1n) is 11.4. The Balaban J connectivity index is 1.47. The van der Waals surface area contributed by atoms with E-state index in [1.165, 1.54) is 5.69 Å². The first-order chi connectivity index (χ1) is 15.4. The molecule has 1 aliphatic heterocycles. The fourth-order valence-corrected chi connectivity index (χ4v) is 4.14. The van der Waals surface area contributed by atoms with E-state index in [1.807, 2.05) is 20.0 Å². The second-order valence-corrected chi connectivity index (χ2v) is 8.64. The number of guanidine groups is 1. The fourth-order valence-electron chi connectivity index (χ4n) is 4.14. The number of aryl methyl sites for hydroxylation is 2. The van der Waals surface area contributed by atoms with Crippen molar-refractivity contribution in [3.63, 3.8) is 0 Å². The van der Waals surface area contributed by atoms with Gasteiger partial charge in [-0.2, -0.15) is 5.10 Å². The van der Waals surface area contributed by atoms with Crippen molar-refractivity contribution in [2.75, 3.05) is 45.8 Å². The molecule has 1 fully saturated rings. The zero-order valence-electron chi connectivity index (χ0n) is 20.3. The van der Waals surface area contributed by atoms with E-state index in [9.17, 15) is 0 Å². The Bertz CT molecular complexity index is 880. The molecule has 0 spiro atoms. The van der Waals surface area contributed by atoms with Gasteiger partial charge in [0.2, 0.25) is 0 Å². The standard InChI is InChI=1S/C24H38N6O2/c1-17(16-30-19(3)11-18(2)28-30)15-26-24(25-4)27-20-7-9-29(10-8-20)21-12-22(31-5)14-23(13-21)32-6/h11-14,17,20H,7-10,15-16H2,1-6H3,(H2,25,26,27). The van der Waals surface area contributed by atoms with Crippen molar-refractivity contribution in [2.45, 2.75) is 46.2 Å². The minimum absolute atomic E-state index is 0.399. The van der Waals surface area contributed by atoms with Gasteiger partial charge in [0, 0.05) is 68.8 Å². The van der Waals surface area contributed by atoms with Crippen LogP contribution in [0.2, 0.25) is 0 Å². The Kier molecular flexibility index (Phi) is 8.25. The number of ether oxygens (including phenoxy) is 2. The van der Waals surface area contributed by atoms with Gasteiger partial charge in [-0.3, -0.25) is 9.67 Å². The summed E-state index contributed by atoms with van der Waals surface area (Å²) in [6.07, 6.45) is 2.09. The zero-order chi connectivity index (χ0) is 23.1. The van der Waals surface area contributed by atoms with Gasteiger partial charge in [0.25, 0.3) is 0 Å². The number of aromatic nitrogens is 2. The second-order valence-electron chi connectivity index (χ2n) is 8.64. The fraction of sp³-hybridized carbons (Fsp3) is 0.583. The molecular formula is C24H38N6O2. The highest BCUT2D eigenvalue weighted by molar-refractivity contribution is 5.80. The number of anilines is 1. The highest BCUT2D eigenvalue weighted by Crippen LogP contribution is 2.30. The summed E-state index contributed by atoms with van der Waals surface area (Å²) >= 11 is 0. The Morgan fingerprint density at radius 1 is 1.12 bits per heavy atom. The molecule has 2 N–H and O–H groups in total. The molecule has 0 bridgehead atoms. The normalized spacial score (nSPS) is 16.1. The zero-order valence-corrected chi connectivity index (χ0v) is 20.3. The maximum Gasteiger partial charge on any atom is 0.191 e. The first-order valence-corrected chi connectivity index (χ1v) is 11.4.